The molecule has 1 aromatic carbocycles. The largest absolute Gasteiger partial charge is 0.504 e. The van der Waals surface area contributed by atoms with E-state index in [1.807, 2.05) is 18.2 Å². The molecule has 0 amide bonds. The van der Waals surface area contributed by atoms with E-state index in [1.165, 1.54) is 31.2 Å². The summed E-state index contributed by atoms with van der Waals surface area (Å²) in [6.45, 7) is 6.85. The molecule has 0 saturated heterocycles. The number of rotatable bonds is 15. The number of benzene rings is 1. The number of ether oxygens (including phenoxy) is 2. The van der Waals surface area contributed by atoms with Crippen LogP contribution in [0.2, 0.25) is 0 Å². The average Bonchev–Trinajstić information content (AvgIpc) is 2.86. The van der Waals surface area contributed by atoms with Gasteiger partial charge >= 0.3 is 0 Å². The Labute approximate surface area is 204 Å². The Balaban J connectivity index is 1.28. The molecule has 1 unspecified atom stereocenters. The first-order chi connectivity index (χ1) is 16.6. The standard InChI is InChI=1S/C27H41N3O4/c1-3-17-30(22-11-12-23-21(20-22)10-13-24(31)26(23)32)18-7-5-4-6-14-28-16-19-34-27-25(33-2)9-8-15-29-27/h8-10,13,15,22,28,31-32H,3-7,11-12,14,16-20H2,1-2H3. The number of nitrogens with one attached hydrogen (secondary N) is 1. The maximum atomic E-state index is 10.2. The van der Waals surface area contributed by atoms with Crippen molar-refractivity contribution in [3.8, 4) is 23.1 Å². The van der Waals surface area contributed by atoms with Gasteiger partial charge in [-0.1, -0.05) is 25.8 Å². The monoisotopic (exact) mass is 471 g/mol. The van der Waals surface area contributed by atoms with E-state index < -0.39 is 0 Å². The minimum atomic E-state index is -0.00179. The normalized spacial score (nSPS) is 15.3. The molecule has 0 saturated carbocycles. The number of nitrogens with zero attached hydrogens (tertiary/aromatic N) is 2. The number of aromatic hydroxyl groups is 2. The van der Waals surface area contributed by atoms with Crippen LogP contribution in [0.5, 0.6) is 23.1 Å². The lowest BCUT2D eigenvalue weighted by molar-refractivity contribution is 0.175. The minimum Gasteiger partial charge on any atom is -0.504 e. The first-order valence-corrected chi connectivity index (χ1v) is 12.7. The molecule has 3 N–H and O–H groups in total. The van der Waals surface area contributed by atoms with Gasteiger partial charge in [-0.2, -0.15) is 0 Å². The van der Waals surface area contributed by atoms with Crippen molar-refractivity contribution in [2.75, 3.05) is 39.9 Å². The lowest BCUT2D eigenvalue weighted by atomic mass is 9.86. The molecular weight excluding hydrogens is 430 g/mol. The average molecular weight is 472 g/mol. The number of fused-ring (bicyclic) bond motifs is 1. The summed E-state index contributed by atoms with van der Waals surface area (Å²) in [7, 11) is 1.62. The molecule has 7 heteroatoms. The van der Waals surface area contributed by atoms with E-state index >= 15 is 0 Å². The number of aromatic nitrogens is 1. The smallest absolute Gasteiger partial charge is 0.257 e. The van der Waals surface area contributed by atoms with Crippen LogP contribution in [0.15, 0.2) is 30.5 Å². The number of hydrogen-bond donors (Lipinski definition) is 3. The number of phenols is 2. The van der Waals surface area contributed by atoms with E-state index in [0.717, 1.165) is 57.4 Å². The fourth-order valence-electron chi connectivity index (χ4n) is 4.78. The van der Waals surface area contributed by atoms with Crippen LogP contribution in [0, 0.1) is 0 Å². The molecule has 0 bridgehead atoms. The summed E-state index contributed by atoms with van der Waals surface area (Å²) >= 11 is 0. The van der Waals surface area contributed by atoms with Gasteiger partial charge in [-0.05, 0) is 81.9 Å². The van der Waals surface area contributed by atoms with E-state index in [9.17, 15) is 10.2 Å². The first-order valence-electron chi connectivity index (χ1n) is 12.7. The zero-order valence-electron chi connectivity index (χ0n) is 20.8. The van der Waals surface area contributed by atoms with Gasteiger partial charge in [-0.25, -0.2) is 4.98 Å². The third kappa shape index (κ3) is 7.50. The Morgan fingerprint density at radius 2 is 1.94 bits per heavy atom. The molecule has 7 nitrogen and oxygen atoms in total. The van der Waals surface area contributed by atoms with Crippen molar-refractivity contribution in [3.05, 3.63) is 41.6 Å². The second-order valence-electron chi connectivity index (χ2n) is 9.03. The maximum absolute atomic E-state index is 10.2. The Bertz CT molecular complexity index is 877. The highest BCUT2D eigenvalue weighted by atomic mass is 16.5. The third-order valence-electron chi connectivity index (χ3n) is 6.59. The van der Waals surface area contributed by atoms with Crippen LogP contribution in [-0.2, 0) is 12.8 Å². The van der Waals surface area contributed by atoms with Crippen molar-refractivity contribution < 1.29 is 19.7 Å². The highest BCUT2D eigenvalue weighted by Gasteiger charge is 2.26. The highest BCUT2D eigenvalue weighted by molar-refractivity contribution is 5.50. The predicted octanol–water partition coefficient (Wildman–Crippen LogP) is 4.30. The molecule has 1 aliphatic carbocycles. The van der Waals surface area contributed by atoms with Gasteiger partial charge in [-0.15, -0.1) is 0 Å². The second kappa shape index (κ2) is 14.0. The van der Waals surface area contributed by atoms with Crippen LogP contribution >= 0.6 is 0 Å². The van der Waals surface area contributed by atoms with E-state index in [0.29, 0.717) is 24.3 Å². The van der Waals surface area contributed by atoms with Crippen LogP contribution in [0.3, 0.4) is 0 Å². The summed E-state index contributed by atoms with van der Waals surface area (Å²) in [6.07, 6.45) is 10.5. The summed E-state index contributed by atoms with van der Waals surface area (Å²) in [5, 5.41) is 23.4. The molecule has 0 fully saturated rings. The van der Waals surface area contributed by atoms with Crippen LogP contribution < -0.4 is 14.8 Å². The fourth-order valence-corrected chi connectivity index (χ4v) is 4.78. The van der Waals surface area contributed by atoms with Gasteiger partial charge in [0.2, 0.25) is 0 Å². The molecule has 1 heterocycles. The molecule has 1 aliphatic rings. The number of unbranched alkanes of at least 4 members (excludes halogenated alkanes) is 3. The summed E-state index contributed by atoms with van der Waals surface area (Å²) < 4.78 is 10.9. The van der Waals surface area contributed by atoms with Crippen LogP contribution in [0.1, 0.15) is 56.6 Å². The van der Waals surface area contributed by atoms with E-state index in [-0.39, 0.29) is 11.5 Å². The summed E-state index contributed by atoms with van der Waals surface area (Å²) in [4.78, 5) is 6.83. The molecule has 188 valence electrons. The van der Waals surface area contributed by atoms with Crippen LogP contribution in [0.4, 0.5) is 0 Å². The molecule has 2 aromatic rings. The van der Waals surface area contributed by atoms with Gasteiger partial charge in [0.05, 0.1) is 7.11 Å². The first kappa shape index (κ1) is 26.1. The minimum absolute atomic E-state index is 0.00179. The SMILES string of the molecule is CCCN(CCCCCCNCCOc1ncccc1OC)C1CCc2c(ccc(O)c2O)C1. The zero-order valence-corrected chi connectivity index (χ0v) is 20.8. The summed E-state index contributed by atoms with van der Waals surface area (Å²) in [5.41, 5.74) is 2.12. The van der Waals surface area contributed by atoms with Crippen molar-refractivity contribution in [3.63, 3.8) is 0 Å². The number of phenolic OH excluding ortho intramolecular Hbond substituents is 2. The lowest BCUT2D eigenvalue weighted by Gasteiger charge is -2.35. The molecule has 0 aliphatic heterocycles. The fraction of sp³-hybridized carbons (Fsp3) is 0.593. The van der Waals surface area contributed by atoms with Gasteiger partial charge < -0.3 is 29.9 Å². The van der Waals surface area contributed by atoms with Gasteiger partial charge in [0, 0.05) is 24.3 Å². The molecule has 0 spiro atoms. The second-order valence-corrected chi connectivity index (χ2v) is 9.03. The van der Waals surface area contributed by atoms with Crippen LogP contribution in [-0.4, -0.2) is 66.0 Å². The molecule has 3 rings (SSSR count). The Morgan fingerprint density at radius 1 is 1.09 bits per heavy atom. The van der Waals surface area contributed by atoms with Gasteiger partial charge in [-0.3, -0.25) is 0 Å². The molecule has 1 atom stereocenters. The van der Waals surface area contributed by atoms with Gasteiger partial charge in [0.1, 0.15) is 6.61 Å². The topological polar surface area (TPSA) is 87.1 Å². The molecular formula is C27H41N3O4. The number of pyridine rings is 1. The van der Waals surface area contributed by atoms with E-state index in [2.05, 4.69) is 22.1 Å². The maximum Gasteiger partial charge on any atom is 0.257 e. The lowest BCUT2D eigenvalue weighted by Crippen LogP contribution is -2.40. The van der Waals surface area contributed by atoms with Crippen molar-refractivity contribution >= 4 is 0 Å². The molecule has 34 heavy (non-hydrogen) atoms. The Morgan fingerprint density at radius 3 is 2.76 bits per heavy atom. The van der Waals surface area contributed by atoms with Crippen molar-refractivity contribution in [2.24, 2.45) is 0 Å². The van der Waals surface area contributed by atoms with Gasteiger partial charge in [0.15, 0.2) is 17.2 Å². The number of methoxy groups -OCH3 is 1. The molecule has 0 radical (unpaired) electrons. The zero-order chi connectivity index (χ0) is 24.2. The Hall–Kier alpha value is -2.51. The number of hydrogen-bond acceptors (Lipinski definition) is 7. The van der Waals surface area contributed by atoms with Crippen molar-refractivity contribution in [1.29, 1.82) is 0 Å². The third-order valence-corrected chi connectivity index (χ3v) is 6.59. The quantitative estimate of drug-likeness (QED) is 0.264. The highest BCUT2D eigenvalue weighted by Crippen LogP contribution is 2.36. The van der Waals surface area contributed by atoms with Crippen LogP contribution in [0.25, 0.3) is 0 Å². The summed E-state index contributed by atoms with van der Waals surface area (Å²) in [6, 6.07) is 7.80. The van der Waals surface area contributed by atoms with Crippen molar-refractivity contribution in [2.45, 2.75) is 64.3 Å². The predicted molar refractivity (Wildman–Crippen MR) is 135 cm³/mol. The van der Waals surface area contributed by atoms with E-state index in [1.54, 1.807) is 19.4 Å². The summed E-state index contributed by atoms with van der Waals surface area (Å²) in [5.74, 6) is 1.28. The van der Waals surface area contributed by atoms with Gasteiger partial charge in [0.25, 0.3) is 5.88 Å². The van der Waals surface area contributed by atoms with E-state index in [4.69, 9.17) is 9.47 Å². The Kier molecular flexibility index (Phi) is 10.8. The molecule has 1 aromatic heterocycles. The van der Waals surface area contributed by atoms with Crippen molar-refractivity contribution in [1.82, 2.24) is 15.2 Å².